The number of amides is 1. The zero-order valence-corrected chi connectivity index (χ0v) is 13.5. The summed E-state index contributed by atoms with van der Waals surface area (Å²) in [6, 6.07) is 9.58. The van der Waals surface area contributed by atoms with E-state index in [9.17, 15) is 4.79 Å². The maximum atomic E-state index is 12.2. The number of hydrogen-bond acceptors (Lipinski definition) is 4. The molecule has 1 aromatic heterocycles. The molecule has 0 aliphatic carbocycles. The minimum absolute atomic E-state index is 0.156. The molecule has 0 atom stereocenters. The number of hydrogen-bond donors (Lipinski definition) is 2. The Labute approximate surface area is 131 Å². The lowest BCUT2D eigenvalue weighted by Crippen LogP contribution is -2.29. The third-order valence-corrected chi connectivity index (χ3v) is 3.08. The normalized spacial score (nSPS) is 11.1. The van der Waals surface area contributed by atoms with Crippen LogP contribution in [0.3, 0.4) is 0 Å². The van der Waals surface area contributed by atoms with E-state index in [0.29, 0.717) is 18.2 Å². The minimum atomic E-state index is -0.206. The molecule has 116 valence electrons. The molecule has 2 aromatic rings. The molecule has 0 fully saturated rings. The van der Waals surface area contributed by atoms with E-state index in [1.165, 1.54) is 0 Å². The van der Waals surface area contributed by atoms with E-state index in [1.807, 2.05) is 52.0 Å². The van der Waals surface area contributed by atoms with E-state index in [2.05, 4.69) is 20.6 Å². The Bertz CT molecular complexity index is 662. The van der Waals surface area contributed by atoms with Crippen LogP contribution in [0.5, 0.6) is 0 Å². The van der Waals surface area contributed by atoms with E-state index in [4.69, 9.17) is 0 Å². The van der Waals surface area contributed by atoms with Crippen molar-refractivity contribution in [3.8, 4) is 0 Å². The second kappa shape index (κ2) is 6.56. The Kier molecular flexibility index (Phi) is 4.75. The molecule has 0 bridgehead atoms. The maximum absolute atomic E-state index is 12.2. The van der Waals surface area contributed by atoms with Gasteiger partial charge >= 0.3 is 0 Å². The summed E-state index contributed by atoms with van der Waals surface area (Å²) in [7, 11) is 0. The fourth-order valence-electron chi connectivity index (χ4n) is 1.96. The molecule has 2 rings (SSSR count). The van der Waals surface area contributed by atoms with Crippen molar-refractivity contribution in [2.24, 2.45) is 0 Å². The van der Waals surface area contributed by atoms with Gasteiger partial charge in [-0.3, -0.25) is 4.79 Å². The highest BCUT2D eigenvalue weighted by molar-refractivity contribution is 5.92. The van der Waals surface area contributed by atoms with Gasteiger partial charge in [0.2, 0.25) is 5.95 Å². The Morgan fingerprint density at radius 3 is 2.59 bits per heavy atom. The number of aromatic nitrogens is 2. The minimum Gasteiger partial charge on any atom is -0.350 e. The van der Waals surface area contributed by atoms with Crippen LogP contribution in [-0.4, -0.2) is 21.4 Å². The fourth-order valence-corrected chi connectivity index (χ4v) is 1.96. The van der Waals surface area contributed by atoms with Gasteiger partial charge in [0, 0.05) is 18.3 Å². The van der Waals surface area contributed by atoms with Crippen LogP contribution < -0.4 is 10.6 Å². The van der Waals surface area contributed by atoms with Gasteiger partial charge in [0.1, 0.15) is 5.69 Å². The molecule has 1 amide bonds. The van der Waals surface area contributed by atoms with Crippen LogP contribution in [0, 0.1) is 6.92 Å². The molecule has 22 heavy (non-hydrogen) atoms. The molecule has 1 heterocycles. The number of carbonyl (C=O) groups is 1. The quantitative estimate of drug-likeness (QED) is 0.910. The molecular weight excluding hydrogens is 276 g/mol. The third kappa shape index (κ3) is 4.55. The first-order valence-electron chi connectivity index (χ1n) is 7.29. The summed E-state index contributed by atoms with van der Waals surface area (Å²) >= 11 is 0. The highest BCUT2D eigenvalue weighted by Gasteiger charge is 2.13. The summed E-state index contributed by atoms with van der Waals surface area (Å²) in [6.07, 6.45) is 1.59. The lowest BCUT2D eigenvalue weighted by molar-refractivity contribution is 0.0946. The summed E-state index contributed by atoms with van der Waals surface area (Å²) < 4.78 is 0. The van der Waals surface area contributed by atoms with Crippen molar-refractivity contribution in [2.45, 2.75) is 39.8 Å². The first-order chi connectivity index (χ1) is 10.3. The van der Waals surface area contributed by atoms with E-state index in [0.717, 1.165) is 11.1 Å². The molecule has 0 unspecified atom stereocenters. The summed E-state index contributed by atoms with van der Waals surface area (Å²) in [5, 5.41) is 6.05. The Morgan fingerprint density at radius 2 is 1.91 bits per heavy atom. The van der Waals surface area contributed by atoms with Gasteiger partial charge in [0.15, 0.2) is 0 Å². The number of rotatable bonds is 4. The van der Waals surface area contributed by atoms with Gasteiger partial charge in [0.05, 0.1) is 0 Å². The van der Waals surface area contributed by atoms with Gasteiger partial charge in [-0.1, -0.05) is 24.3 Å². The van der Waals surface area contributed by atoms with Crippen molar-refractivity contribution in [1.29, 1.82) is 0 Å². The van der Waals surface area contributed by atoms with Crippen LogP contribution in [-0.2, 0) is 6.54 Å². The Morgan fingerprint density at radius 1 is 1.18 bits per heavy atom. The van der Waals surface area contributed by atoms with Gasteiger partial charge in [-0.2, -0.15) is 0 Å². The van der Waals surface area contributed by atoms with Gasteiger partial charge in [-0.05, 0) is 44.9 Å². The predicted molar refractivity (Wildman–Crippen MR) is 87.8 cm³/mol. The second-order valence-corrected chi connectivity index (χ2v) is 6.25. The molecule has 0 aliphatic heterocycles. The monoisotopic (exact) mass is 298 g/mol. The molecule has 5 nitrogen and oxygen atoms in total. The first kappa shape index (κ1) is 15.9. The molecule has 0 spiro atoms. The Hall–Kier alpha value is -2.43. The van der Waals surface area contributed by atoms with E-state index < -0.39 is 0 Å². The van der Waals surface area contributed by atoms with Crippen molar-refractivity contribution in [2.75, 3.05) is 5.32 Å². The standard InChI is InChI=1S/C17H22N4O/c1-12-7-5-6-8-13(12)11-19-15(22)14-9-10-18-16(20-14)21-17(2,3)4/h5-10H,11H2,1-4H3,(H,19,22)(H,18,20,21). The molecule has 2 N–H and O–H groups in total. The number of benzene rings is 1. The van der Waals surface area contributed by atoms with Gasteiger partial charge < -0.3 is 10.6 Å². The fraction of sp³-hybridized carbons (Fsp3) is 0.353. The summed E-state index contributed by atoms with van der Waals surface area (Å²) in [5.41, 5.74) is 2.45. The van der Waals surface area contributed by atoms with Crippen molar-refractivity contribution in [3.63, 3.8) is 0 Å². The average Bonchev–Trinajstić information content (AvgIpc) is 2.44. The van der Waals surface area contributed by atoms with E-state index in [-0.39, 0.29) is 11.4 Å². The highest BCUT2D eigenvalue weighted by Crippen LogP contribution is 2.10. The van der Waals surface area contributed by atoms with E-state index in [1.54, 1.807) is 12.3 Å². The van der Waals surface area contributed by atoms with Crippen LogP contribution >= 0.6 is 0 Å². The molecule has 5 heteroatoms. The largest absolute Gasteiger partial charge is 0.350 e. The number of carbonyl (C=O) groups excluding carboxylic acids is 1. The summed E-state index contributed by atoms with van der Waals surface area (Å²) in [6.45, 7) is 8.55. The van der Waals surface area contributed by atoms with Crippen LogP contribution in [0.4, 0.5) is 5.95 Å². The second-order valence-electron chi connectivity index (χ2n) is 6.25. The molecule has 0 radical (unpaired) electrons. The smallest absolute Gasteiger partial charge is 0.270 e. The number of anilines is 1. The molecule has 1 aromatic carbocycles. The van der Waals surface area contributed by atoms with Crippen LogP contribution in [0.1, 0.15) is 42.4 Å². The summed E-state index contributed by atoms with van der Waals surface area (Å²) in [5.74, 6) is 0.249. The van der Waals surface area contributed by atoms with Crippen LogP contribution in [0.15, 0.2) is 36.5 Å². The predicted octanol–water partition coefficient (Wildman–Crippen LogP) is 2.93. The number of nitrogens with zero attached hydrogens (tertiary/aromatic N) is 2. The van der Waals surface area contributed by atoms with Crippen LogP contribution in [0.25, 0.3) is 0 Å². The molecule has 0 saturated carbocycles. The zero-order valence-electron chi connectivity index (χ0n) is 13.5. The number of nitrogens with one attached hydrogen (secondary N) is 2. The van der Waals surface area contributed by atoms with Crippen LogP contribution in [0.2, 0.25) is 0 Å². The lowest BCUT2D eigenvalue weighted by atomic mass is 10.1. The van der Waals surface area contributed by atoms with Crippen molar-refractivity contribution in [3.05, 3.63) is 53.3 Å². The average molecular weight is 298 g/mol. The molecule has 0 aliphatic rings. The maximum Gasteiger partial charge on any atom is 0.270 e. The van der Waals surface area contributed by atoms with Crippen molar-refractivity contribution in [1.82, 2.24) is 15.3 Å². The topological polar surface area (TPSA) is 66.9 Å². The molecular formula is C17H22N4O. The lowest BCUT2D eigenvalue weighted by Gasteiger charge is -2.20. The third-order valence-electron chi connectivity index (χ3n) is 3.08. The highest BCUT2D eigenvalue weighted by atomic mass is 16.1. The van der Waals surface area contributed by atoms with Crippen molar-refractivity contribution < 1.29 is 4.79 Å². The van der Waals surface area contributed by atoms with Crippen molar-refractivity contribution >= 4 is 11.9 Å². The number of aryl methyl sites for hydroxylation is 1. The van der Waals surface area contributed by atoms with E-state index >= 15 is 0 Å². The molecule has 0 saturated heterocycles. The summed E-state index contributed by atoms with van der Waals surface area (Å²) in [4.78, 5) is 20.6. The van der Waals surface area contributed by atoms with Gasteiger partial charge in [0.25, 0.3) is 5.91 Å². The first-order valence-corrected chi connectivity index (χ1v) is 7.29. The zero-order chi connectivity index (χ0) is 16.2. The van der Waals surface area contributed by atoms with Gasteiger partial charge in [-0.15, -0.1) is 0 Å². The SMILES string of the molecule is Cc1ccccc1CNC(=O)c1ccnc(NC(C)(C)C)n1. The Balaban J connectivity index is 2.04. The van der Waals surface area contributed by atoms with Gasteiger partial charge in [-0.25, -0.2) is 9.97 Å².